The van der Waals surface area contributed by atoms with Gasteiger partial charge in [0.05, 0.1) is 6.61 Å². The van der Waals surface area contributed by atoms with E-state index < -0.39 is 29.9 Å². The number of nitrogens with zero attached hydrogens (tertiary/aromatic N) is 1. The van der Waals surface area contributed by atoms with Crippen molar-refractivity contribution in [2.24, 2.45) is 0 Å². The number of imide groups is 1. The highest BCUT2D eigenvalue weighted by Gasteiger charge is 2.46. The molecule has 6 nitrogen and oxygen atoms in total. The van der Waals surface area contributed by atoms with Crippen LogP contribution in [0.3, 0.4) is 0 Å². The molecule has 0 radical (unpaired) electrons. The Bertz CT molecular complexity index is 298. The lowest BCUT2D eigenvalue weighted by Gasteiger charge is -2.37. The minimum Gasteiger partial charge on any atom is -0.479 e. The zero-order valence-corrected chi connectivity index (χ0v) is 8.39. The summed E-state index contributed by atoms with van der Waals surface area (Å²) in [7, 11) is 0. The van der Waals surface area contributed by atoms with E-state index in [2.05, 4.69) is 0 Å². The number of aliphatic hydroxyl groups is 1. The van der Waals surface area contributed by atoms with Gasteiger partial charge < -0.3 is 10.2 Å². The third-order valence-electron chi connectivity index (χ3n) is 2.54. The van der Waals surface area contributed by atoms with Crippen LogP contribution in [0.5, 0.6) is 0 Å². The predicted molar refractivity (Wildman–Crippen MR) is 48.8 cm³/mol. The molecule has 1 heterocycles. The summed E-state index contributed by atoms with van der Waals surface area (Å²) in [6.07, 6.45) is 0.735. The van der Waals surface area contributed by atoms with Crippen LogP contribution in [0.4, 0.5) is 0 Å². The fourth-order valence-electron chi connectivity index (χ4n) is 1.54. The van der Waals surface area contributed by atoms with Crippen molar-refractivity contribution in [2.45, 2.75) is 31.7 Å². The molecule has 6 heteroatoms. The fourth-order valence-corrected chi connectivity index (χ4v) is 1.54. The molecular formula is C9H13NO5. The molecule has 1 rings (SSSR count). The van der Waals surface area contributed by atoms with Gasteiger partial charge in [-0.2, -0.15) is 0 Å². The number of aliphatic carboxylic acids is 1. The zero-order valence-electron chi connectivity index (χ0n) is 8.39. The average molecular weight is 215 g/mol. The third-order valence-corrected chi connectivity index (χ3v) is 2.54. The number of rotatable bonds is 3. The first-order chi connectivity index (χ1) is 6.93. The minimum atomic E-state index is -1.84. The number of amides is 2. The maximum Gasteiger partial charge on any atom is 0.332 e. The van der Waals surface area contributed by atoms with E-state index in [1.165, 1.54) is 0 Å². The van der Waals surface area contributed by atoms with Gasteiger partial charge in [-0.05, 0) is 13.3 Å². The van der Waals surface area contributed by atoms with E-state index in [9.17, 15) is 14.4 Å². The van der Waals surface area contributed by atoms with Gasteiger partial charge in [-0.1, -0.05) is 0 Å². The number of carbonyl (C=O) groups is 3. The molecule has 1 aliphatic heterocycles. The number of carbonyl (C=O) groups excluding carboxylic acids is 2. The standard InChI is InChI=1S/C9H13NO5/c1-9(5-11,8(14)15)10-6(12)3-2-4-7(10)13/h11H,2-5H2,1H3,(H,14,15). The molecule has 0 spiro atoms. The Kier molecular flexibility index (Phi) is 3.09. The maximum atomic E-state index is 11.4. The molecule has 2 N–H and O–H groups in total. The summed E-state index contributed by atoms with van der Waals surface area (Å²) in [5.41, 5.74) is -1.84. The van der Waals surface area contributed by atoms with Crippen LogP contribution < -0.4 is 0 Å². The lowest BCUT2D eigenvalue weighted by atomic mass is 9.96. The van der Waals surface area contributed by atoms with Crippen molar-refractivity contribution >= 4 is 17.8 Å². The Morgan fingerprint density at radius 1 is 1.40 bits per heavy atom. The van der Waals surface area contributed by atoms with Gasteiger partial charge in [-0.15, -0.1) is 0 Å². The van der Waals surface area contributed by atoms with E-state index >= 15 is 0 Å². The van der Waals surface area contributed by atoms with Gasteiger partial charge in [0.15, 0.2) is 5.54 Å². The zero-order chi connectivity index (χ0) is 11.6. The lowest BCUT2D eigenvalue weighted by Crippen LogP contribution is -2.61. The van der Waals surface area contributed by atoms with Crippen LogP contribution >= 0.6 is 0 Å². The van der Waals surface area contributed by atoms with Crippen molar-refractivity contribution in [3.8, 4) is 0 Å². The summed E-state index contributed by atoms with van der Waals surface area (Å²) in [6.45, 7) is 0.385. The van der Waals surface area contributed by atoms with E-state index in [4.69, 9.17) is 10.2 Å². The second-order valence-electron chi connectivity index (χ2n) is 3.71. The van der Waals surface area contributed by atoms with Gasteiger partial charge in [0.25, 0.3) is 0 Å². The quantitative estimate of drug-likeness (QED) is 0.610. The van der Waals surface area contributed by atoms with E-state index in [0.717, 1.165) is 6.92 Å². The Balaban J connectivity index is 3.05. The highest BCUT2D eigenvalue weighted by Crippen LogP contribution is 2.23. The molecule has 84 valence electrons. The van der Waals surface area contributed by atoms with Gasteiger partial charge in [0, 0.05) is 12.8 Å². The van der Waals surface area contributed by atoms with Gasteiger partial charge >= 0.3 is 5.97 Å². The predicted octanol–water partition coefficient (Wildman–Crippen LogP) is -0.639. The molecule has 1 fully saturated rings. The molecule has 1 unspecified atom stereocenters. The van der Waals surface area contributed by atoms with Crippen LogP contribution in [-0.2, 0) is 14.4 Å². The molecule has 1 saturated heterocycles. The van der Waals surface area contributed by atoms with Crippen molar-refractivity contribution in [1.29, 1.82) is 0 Å². The fraction of sp³-hybridized carbons (Fsp3) is 0.667. The van der Waals surface area contributed by atoms with Gasteiger partial charge in [0.2, 0.25) is 11.8 Å². The van der Waals surface area contributed by atoms with Gasteiger partial charge in [-0.3, -0.25) is 14.5 Å². The number of carboxylic acids is 1. The average Bonchev–Trinajstić information content (AvgIpc) is 2.16. The van der Waals surface area contributed by atoms with Crippen LogP contribution in [0, 0.1) is 0 Å². The molecule has 15 heavy (non-hydrogen) atoms. The largest absolute Gasteiger partial charge is 0.479 e. The molecule has 1 atom stereocenters. The number of carboxylic acid groups (broad SMARTS) is 1. The summed E-state index contributed by atoms with van der Waals surface area (Å²) in [6, 6.07) is 0. The maximum absolute atomic E-state index is 11.4. The number of hydrogen-bond donors (Lipinski definition) is 2. The molecule has 0 aromatic rings. The SMILES string of the molecule is CC(CO)(C(=O)O)N1C(=O)CCCC1=O. The van der Waals surface area contributed by atoms with Crippen LogP contribution in [-0.4, -0.2) is 45.0 Å². The van der Waals surface area contributed by atoms with Crippen LogP contribution in [0.2, 0.25) is 0 Å². The molecule has 0 bridgehead atoms. The summed E-state index contributed by atoms with van der Waals surface area (Å²) >= 11 is 0. The van der Waals surface area contributed by atoms with Crippen LogP contribution in [0.1, 0.15) is 26.2 Å². The lowest BCUT2D eigenvalue weighted by molar-refractivity contribution is -0.170. The second-order valence-corrected chi connectivity index (χ2v) is 3.71. The second kappa shape index (κ2) is 3.98. The molecule has 0 aliphatic carbocycles. The smallest absolute Gasteiger partial charge is 0.332 e. The first-order valence-corrected chi connectivity index (χ1v) is 4.63. The molecule has 0 aromatic heterocycles. The van der Waals surface area contributed by atoms with E-state index in [-0.39, 0.29) is 12.8 Å². The van der Waals surface area contributed by atoms with E-state index in [1.807, 2.05) is 0 Å². The first kappa shape index (κ1) is 11.6. The highest BCUT2D eigenvalue weighted by molar-refractivity contribution is 6.02. The van der Waals surface area contributed by atoms with E-state index in [1.54, 1.807) is 0 Å². The highest BCUT2D eigenvalue weighted by atomic mass is 16.4. The molecule has 0 saturated carbocycles. The summed E-state index contributed by atoms with van der Waals surface area (Å²) < 4.78 is 0. The van der Waals surface area contributed by atoms with Crippen molar-refractivity contribution in [3.63, 3.8) is 0 Å². The Hall–Kier alpha value is -1.43. The number of aliphatic hydroxyl groups excluding tert-OH is 1. The molecular weight excluding hydrogens is 202 g/mol. The molecule has 1 aliphatic rings. The van der Waals surface area contributed by atoms with Gasteiger partial charge in [-0.25, -0.2) is 4.79 Å². The first-order valence-electron chi connectivity index (χ1n) is 4.63. The van der Waals surface area contributed by atoms with Crippen molar-refractivity contribution < 1.29 is 24.6 Å². The Morgan fingerprint density at radius 3 is 2.20 bits per heavy atom. The molecule has 0 aromatic carbocycles. The topological polar surface area (TPSA) is 94.9 Å². The Labute approximate surface area is 86.5 Å². The Morgan fingerprint density at radius 2 is 1.87 bits per heavy atom. The van der Waals surface area contributed by atoms with Crippen molar-refractivity contribution in [2.75, 3.05) is 6.61 Å². The van der Waals surface area contributed by atoms with Crippen LogP contribution in [0.15, 0.2) is 0 Å². The normalized spacial score (nSPS) is 21.3. The van der Waals surface area contributed by atoms with Gasteiger partial charge in [0.1, 0.15) is 0 Å². The molecule has 2 amide bonds. The summed E-state index contributed by atoms with van der Waals surface area (Å²) in [5.74, 6) is -2.45. The van der Waals surface area contributed by atoms with Crippen molar-refractivity contribution in [1.82, 2.24) is 4.90 Å². The van der Waals surface area contributed by atoms with Crippen LogP contribution in [0.25, 0.3) is 0 Å². The third kappa shape index (κ3) is 1.85. The summed E-state index contributed by atoms with van der Waals surface area (Å²) in [4.78, 5) is 34.5. The monoisotopic (exact) mass is 215 g/mol. The van der Waals surface area contributed by atoms with Crippen molar-refractivity contribution in [3.05, 3.63) is 0 Å². The number of hydrogen-bond acceptors (Lipinski definition) is 4. The van der Waals surface area contributed by atoms with E-state index in [0.29, 0.717) is 11.3 Å². The minimum absolute atomic E-state index is 0.147. The number of likely N-dealkylation sites (tertiary alicyclic amines) is 1. The summed E-state index contributed by atoms with van der Waals surface area (Å²) in [5, 5.41) is 17.9. The number of piperidine rings is 1.